The molecule has 0 aliphatic rings. The molecule has 0 amide bonds. The summed E-state index contributed by atoms with van der Waals surface area (Å²) < 4.78 is 12.5. The minimum Gasteiger partial charge on any atom is -0.490 e. The molecule has 118 valence electrons. The van der Waals surface area contributed by atoms with Gasteiger partial charge in [0.25, 0.3) is 0 Å². The number of hydrogen-bond donors (Lipinski definition) is 0. The Labute approximate surface area is 139 Å². The van der Waals surface area contributed by atoms with Crippen LogP contribution in [0.4, 0.5) is 0 Å². The van der Waals surface area contributed by atoms with E-state index in [1.54, 1.807) is 12.3 Å². The van der Waals surface area contributed by atoms with Gasteiger partial charge in [-0.15, -0.1) is 0 Å². The maximum Gasteiger partial charge on any atom is 0.340 e. The molecular weight excluding hydrogens is 314 g/mol. The third kappa shape index (κ3) is 3.17. The Bertz CT molecular complexity index is 841. The average molecular weight is 330 g/mol. The van der Waals surface area contributed by atoms with Crippen molar-refractivity contribution >= 4 is 28.5 Å². The molecule has 0 saturated carbocycles. The van der Waals surface area contributed by atoms with Crippen molar-refractivity contribution in [2.75, 3.05) is 13.7 Å². The number of methoxy groups -OCH3 is 1. The van der Waals surface area contributed by atoms with Crippen LogP contribution in [0, 0.1) is 0 Å². The van der Waals surface area contributed by atoms with Gasteiger partial charge in [0.2, 0.25) is 0 Å². The summed E-state index contributed by atoms with van der Waals surface area (Å²) >= 11 is 6.07. The lowest BCUT2D eigenvalue weighted by Gasteiger charge is -2.09. The summed E-state index contributed by atoms with van der Waals surface area (Å²) in [5.41, 5.74) is 1.52. The van der Waals surface area contributed by atoms with Gasteiger partial charge in [-0.25, -0.2) is 4.79 Å². The summed E-state index contributed by atoms with van der Waals surface area (Å²) in [7, 11) is 1.38. The van der Waals surface area contributed by atoms with Gasteiger partial charge in [0.1, 0.15) is 12.4 Å². The molecule has 0 N–H and O–H groups in total. The normalized spacial score (nSPS) is 10.7. The van der Waals surface area contributed by atoms with Crippen LogP contribution in [0.2, 0.25) is 5.02 Å². The second kappa shape index (κ2) is 6.75. The van der Waals surface area contributed by atoms with E-state index in [2.05, 4.69) is 0 Å². The maximum absolute atomic E-state index is 11.9. The molecule has 5 heteroatoms. The van der Waals surface area contributed by atoms with Gasteiger partial charge in [0, 0.05) is 17.1 Å². The summed E-state index contributed by atoms with van der Waals surface area (Å²) in [6.07, 6.45) is 1.80. The van der Waals surface area contributed by atoms with E-state index in [9.17, 15) is 4.79 Å². The molecule has 2 aromatic carbocycles. The fourth-order valence-electron chi connectivity index (χ4n) is 2.52. The highest BCUT2D eigenvalue weighted by molar-refractivity contribution is 6.32. The van der Waals surface area contributed by atoms with E-state index in [0.717, 1.165) is 10.9 Å². The number of esters is 1. The predicted octanol–water partition coefficient (Wildman–Crippen LogP) is 4.16. The number of para-hydroxylation sites is 2. The van der Waals surface area contributed by atoms with E-state index in [4.69, 9.17) is 21.1 Å². The molecule has 3 aromatic rings. The number of aromatic nitrogens is 1. The van der Waals surface area contributed by atoms with Gasteiger partial charge < -0.3 is 14.0 Å². The molecule has 0 unspecified atom stereocenters. The van der Waals surface area contributed by atoms with Crippen molar-refractivity contribution in [2.24, 2.45) is 0 Å². The van der Waals surface area contributed by atoms with Crippen LogP contribution < -0.4 is 4.74 Å². The van der Waals surface area contributed by atoms with Gasteiger partial charge in [0.15, 0.2) is 0 Å². The van der Waals surface area contributed by atoms with Crippen LogP contribution >= 0.6 is 11.6 Å². The molecule has 0 bridgehead atoms. The fourth-order valence-corrected chi connectivity index (χ4v) is 2.71. The van der Waals surface area contributed by atoms with Gasteiger partial charge >= 0.3 is 5.97 Å². The van der Waals surface area contributed by atoms with Crippen LogP contribution in [-0.4, -0.2) is 24.3 Å². The van der Waals surface area contributed by atoms with E-state index in [-0.39, 0.29) is 5.97 Å². The number of carbonyl (C=O) groups excluding carboxylic acids is 1. The quantitative estimate of drug-likeness (QED) is 0.660. The Morgan fingerprint density at radius 2 is 1.87 bits per heavy atom. The number of hydrogen-bond acceptors (Lipinski definition) is 3. The molecule has 1 aromatic heterocycles. The number of halogens is 1. The second-order valence-electron chi connectivity index (χ2n) is 5.02. The highest BCUT2D eigenvalue weighted by Crippen LogP contribution is 2.24. The maximum atomic E-state index is 11.9. The number of nitrogens with zero attached hydrogens (tertiary/aromatic N) is 1. The van der Waals surface area contributed by atoms with Crippen molar-refractivity contribution in [3.63, 3.8) is 0 Å². The summed E-state index contributed by atoms with van der Waals surface area (Å²) in [4.78, 5) is 11.9. The third-order valence-electron chi connectivity index (χ3n) is 3.62. The highest BCUT2D eigenvalue weighted by atomic mass is 35.5. The standard InChI is InChI=1S/C18H16ClNO3/c1-22-18(21)14-12-20(16-8-4-2-6-13(14)16)10-11-23-17-9-5-3-7-15(17)19/h2-9,12H,10-11H2,1H3. The molecule has 0 spiro atoms. The molecule has 0 aliphatic carbocycles. The number of carbonyl (C=O) groups is 1. The van der Waals surface area contributed by atoms with E-state index in [0.29, 0.717) is 29.5 Å². The summed E-state index contributed by atoms with van der Waals surface area (Å²) in [5.74, 6) is 0.311. The summed E-state index contributed by atoms with van der Waals surface area (Å²) in [6.45, 7) is 1.05. The average Bonchev–Trinajstić information content (AvgIpc) is 2.95. The topological polar surface area (TPSA) is 40.5 Å². The number of ether oxygens (including phenoxy) is 2. The summed E-state index contributed by atoms with van der Waals surface area (Å²) in [6, 6.07) is 15.1. The Morgan fingerprint density at radius 3 is 2.65 bits per heavy atom. The SMILES string of the molecule is COC(=O)c1cn(CCOc2ccccc2Cl)c2ccccc12. The van der Waals surface area contributed by atoms with Crippen molar-refractivity contribution in [3.05, 3.63) is 65.3 Å². The van der Waals surface area contributed by atoms with Gasteiger partial charge in [-0.3, -0.25) is 0 Å². The van der Waals surface area contributed by atoms with Crippen molar-refractivity contribution in [1.29, 1.82) is 0 Å². The van der Waals surface area contributed by atoms with E-state index in [1.807, 2.05) is 47.0 Å². The zero-order valence-electron chi connectivity index (χ0n) is 12.7. The van der Waals surface area contributed by atoms with Crippen LogP contribution in [0.3, 0.4) is 0 Å². The van der Waals surface area contributed by atoms with Crippen LogP contribution in [-0.2, 0) is 11.3 Å². The number of rotatable bonds is 5. The van der Waals surface area contributed by atoms with Crippen molar-refractivity contribution in [3.8, 4) is 5.75 Å². The largest absolute Gasteiger partial charge is 0.490 e. The molecule has 3 rings (SSSR count). The van der Waals surface area contributed by atoms with Crippen molar-refractivity contribution in [2.45, 2.75) is 6.54 Å². The van der Waals surface area contributed by atoms with Gasteiger partial charge in [-0.05, 0) is 18.2 Å². The number of benzene rings is 2. The lowest BCUT2D eigenvalue weighted by Crippen LogP contribution is -2.07. The van der Waals surface area contributed by atoms with Gasteiger partial charge in [-0.1, -0.05) is 41.9 Å². The smallest absolute Gasteiger partial charge is 0.340 e. The molecular formula is C18H16ClNO3. The fraction of sp³-hybridized carbons (Fsp3) is 0.167. The van der Waals surface area contributed by atoms with Crippen LogP contribution in [0.25, 0.3) is 10.9 Å². The molecule has 0 radical (unpaired) electrons. The molecule has 0 saturated heterocycles. The first kappa shape index (κ1) is 15.4. The first-order valence-corrected chi connectivity index (χ1v) is 7.62. The van der Waals surface area contributed by atoms with Gasteiger partial charge in [0.05, 0.1) is 24.2 Å². The first-order valence-electron chi connectivity index (χ1n) is 7.24. The molecule has 0 fully saturated rings. The van der Waals surface area contributed by atoms with Crippen LogP contribution in [0.15, 0.2) is 54.7 Å². The van der Waals surface area contributed by atoms with Gasteiger partial charge in [-0.2, -0.15) is 0 Å². The highest BCUT2D eigenvalue weighted by Gasteiger charge is 2.15. The van der Waals surface area contributed by atoms with Crippen LogP contribution in [0.5, 0.6) is 5.75 Å². The lowest BCUT2D eigenvalue weighted by molar-refractivity contribution is 0.0602. The lowest BCUT2D eigenvalue weighted by atomic mass is 10.2. The molecule has 0 atom stereocenters. The predicted molar refractivity (Wildman–Crippen MR) is 90.2 cm³/mol. The third-order valence-corrected chi connectivity index (χ3v) is 3.93. The summed E-state index contributed by atoms with van der Waals surface area (Å²) in [5, 5.41) is 1.46. The molecule has 4 nitrogen and oxygen atoms in total. The molecule has 1 heterocycles. The monoisotopic (exact) mass is 329 g/mol. The van der Waals surface area contributed by atoms with Crippen molar-refractivity contribution in [1.82, 2.24) is 4.57 Å². The van der Waals surface area contributed by atoms with Crippen molar-refractivity contribution < 1.29 is 14.3 Å². The Kier molecular flexibility index (Phi) is 4.53. The molecule has 23 heavy (non-hydrogen) atoms. The molecule has 0 aliphatic heterocycles. The van der Waals surface area contributed by atoms with E-state index in [1.165, 1.54) is 7.11 Å². The minimum absolute atomic E-state index is 0.341. The first-order chi connectivity index (χ1) is 11.2. The van der Waals surface area contributed by atoms with Crippen LogP contribution in [0.1, 0.15) is 10.4 Å². The Hall–Kier alpha value is -2.46. The Morgan fingerprint density at radius 1 is 1.13 bits per heavy atom. The van der Waals surface area contributed by atoms with E-state index < -0.39 is 0 Å². The zero-order valence-corrected chi connectivity index (χ0v) is 13.4. The Balaban J connectivity index is 1.80. The number of fused-ring (bicyclic) bond motifs is 1. The second-order valence-corrected chi connectivity index (χ2v) is 5.43. The minimum atomic E-state index is -0.341. The zero-order chi connectivity index (χ0) is 16.2. The van der Waals surface area contributed by atoms with E-state index >= 15 is 0 Å².